The van der Waals surface area contributed by atoms with Gasteiger partial charge in [0.15, 0.2) is 11.5 Å². The first-order chi connectivity index (χ1) is 15.4. The van der Waals surface area contributed by atoms with Crippen LogP contribution in [0.1, 0.15) is 16.7 Å². The summed E-state index contributed by atoms with van der Waals surface area (Å²) in [6.07, 6.45) is 1.52. The molecule has 0 aliphatic rings. The lowest BCUT2D eigenvalue weighted by molar-refractivity contribution is -0.118. The number of hydrogen-bond donors (Lipinski definition) is 2. The number of anilines is 2. The van der Waals surface area contributed by atoms with Crippen LogP contribution in [0.15, 0.2) is 72.3 Å². The number of hydrogen-bond acceptors (Lipinski definition) is 4. The summed E-state index contributed by atoms with van der Waals surface area (Å²) in [5.74, 6) is 0.0133. The van der Waals surface area contributed by atoms with E-state index < -0.39 is 11.8 Å². The number of nitrogens with one attached hydrogen (secondary N) is 2. The monoisotopic (exact) mass is 430 g/mol. The molecule has 164 valence electrons. The fourth-order valence-corrected chi connectivity index (χ4v) is 3.01. The number of carbonyl (C=O) groups excluding carboxylic acids is 2. The van der Waals surface area contributed by atoms with Gasteiger partial charge in [-0.3, -0.25) is 9.59 Å². The van der Waals surface area contributed by atoms with E-state index in [1.54, 1.807) is 49.6 Å². The lowest BCUT2D eigenvalue weighted by Gasteiger charge is -2.12. The van der Waals surface area contributed by atoms with Crippen LogP contribution in [0, 0.1) is 13.8 Å². The van der Waals surface area contributed by atoms with Crippen LogP contribution in [0.5, 0.6) is 11.5 Å². The highest BCUT2D eigenvalue weighted by atomic mass is 16.5. The molecule has 0 fully saturated rings. The molecule has 0 radical (unpaired) electrons. The van der Waals surface area contributed by atoms with Crippen molar-refractivity contribution in [1.29, 1.82) is 0 Å². The van der Waals surface area contributed by atoms with E-state index in [-0.39, 0.29) is 5.57 Å². The molecule has 0 spiro atoms. The molecule has 0 saturated carbocycles. The van der Waals surface area contributed by atoms with Gasteiger partial charge in [0, 0.05) is 11.4 Å². The molecule has 2 amide bonds. The minimum atomic E-state index is -0.520. The molecule has 0 bridgehead atoms. The molecular formula is C26H26N2O4. The highest BCUT2D eigenvalue weighted by molar-refractivity contribution is 6.28. The maximum absolute atomic E-state index is 13.1. The lowest BCUT2D eigenvalue weighted by Crippen LogP contribution is -2.25. The van der Waals surface area contributed by atoms with Crippen molar-refractivity contribution >= 4 is 29.3 Å². The second kappa shape index (κ2) is 10.3. The zero-order valence-electron chi connectivity index (χ0n) is 18.6. The minimum Gasteiger partial charge on any atom is -0.493 e. The van der Waals surface area contributed by atoms with E-state index in [1.165, 1.54) is 13.2 Å². The molecule has 32 heavy (non-hydrogen) atoms. The predicted octanol–water partition coefficient (Wildman–Crippen LogP) is 4.98. The van der Waals surface area contributed by atoms with Gasteiger partial charge in [-0.1, -0.05) is 41.5 Å². The van der Waals surface area contributed by atoms with E-state index in [1.807, 2.05) is 38.1 Å². The third-order valence-corrected chi connectivity index (χ3v) is 4.83. The normalized spacial score (nSPS) is 10.1. The molecule has 0 aromatic heterocycles. The number of methoxy groups -OCH3 is 2. The van der Waals surface area contributed by atoms with E-state index in [2.05, 4.69) is 10.6 Å². The smallest absolute Gasteiger partial charge is 0.261 e. The number of aryl methyl sites for hydroxylation is 2. The summed E-state index contributed by atoms with van der Waals surface area (Å²) in [6.45, 7) is 3.92. The van der Waals surface area contributed by atoms with Crippen LogP contribution in [0.2, 0.25) is 0 Å². The van der Waals surface area contributed by atoms with Crippen LogP contribution < -0.4 is 20.1 Å². The van der Waals surface area contributed by atoms with Gasteiger partial charge >= 0.3 is 0 Å². The van der Waals surface area contributed by atoms with Crippen LogP contribution in [0.4, 0.5) is 11.4 Å². The third kappa shape index (κ3) is 5.76. The number of carbonyl (C=O) groups is 2. The summed E-state index contributed by atoms with van der Waals surface area (Å²) < 4.78 is 10.6. The van der Waals surface area contributed by atoms with Gasteiger partial charge in [-0.25, -0.2) is 0 Å². The summed E-state index contributed by atoms with van der Waals surface area (Å²) >= 11 is 0. The van der Waals surface area contributed by atoms with Crippen molar-refractivity contribution in [1.82, 2.24) is 0 Å². The molecule has 6 heteroatoms. The molecule has 3 aromatic carbocycles. The van der Waals surface area contributed by atoms with Crippen molar-refractivity contribution in [3.63, 3.8) is 0 Å². The summed E-state index contributed by atoms with van der Waals surface area (Å²) in [5.41, 5.74) is 3.92. The Hall–Kier alpha value is -4.06. The Balaban J connectivity index is 1.94. The second-order valence-electron chi connectivity index (χ2n) is 7.31. The van der Waals surface area contributed by atoms with Gasteiger partial charge in [0.2, 0.25) is 0 Å². The fourth-order valence-electron chi connectivity index (χ4n) is 3.01. The quantitative estimate of drug-likeness (QED) is 0.315. The first-order valence-corrected chi connectivity index (χ1v) is 10.1. The largest absolute Gasteiger partial charge is 0.493 e. The SMILES string of the molecule is COc1ccc(C=C(C(=O)Nc2ccc(C)cc2)C(=O)Nc2ccc(C)cc2)cc1OC. The van der Waals surface area contributed by atoms with Crippen molar-refractivity contribution in [3.8, 4) is 11.5 Å². The predicted molar refractivity (Wildman–Crippen MR) is 127 cm³/mol. The Labute approximate surface area is 187 Å². The van der Waals surface area contributed by atoms with Crippen LogP contribution in [-0.4, -0.2) is 26.0 Å². The van der Waals surface area contributed by atoms with Gasteiger partial charge in [0.25, 0.3) is 11.8 Å². The Morgan fingerprint density at radius 3 is 1.59 bits per heavy atom. The van der Waals surface area contributed by atoms with Gasteiger partial charge in [0.05, 0.1) is 14.2 Å². The number of ether oxygens (including phenoxy) is 2. The highest BCUT2D eigenvalue weighted by Crippen LogP contribution is 2.28. The molecule has 3 rings (SSSR count). The zero-order valence-corrected chi connectivity index (χ0v) is 18.6. The van der Waals surface area contributed by atoms with Crippen LogP contribution >= 0.6 is 0 Å². The standard InChI is InChI=1S/C26H26N2O4/c1-17-5-10-20(11-6-17)27-25(29)22(26(30)28-21-12-7-18(2)8-13-21)15-19-9-14-23(31-3)24(16-19)32-4/h5-16H,1-4H3,(H,27,29)(H,28,30). The van der Waals surface area contributed by atoms with Gasteiger partial charge < -0.3 is 20.1 Å². The van der Waals surface area contributed by atoms with Gasteiger partial charge in [-0.15, -0.1) is 0 Å². The molecule has 6 nitrogen and oxygen atoms in total. The Morgan fingerprint density at radius 1 is 0.688 bits per heavy atom. The minimum absolute atomic E-state index is 0.0432. The molecule has 0 atom stereocenters. The van der Waals surface area contributed by atoms with Crippen molar-refractivity contribution in [2.24, 2.45) is 0 Å². The Kier molecular flexibility index (Phi) is 7.29. The molecule has 3 aromatic rings. The second-order valence-corrected chi connectivity index (χ2v) is 7.31. The van der Waals surface area contributed by atoms with E-state index in [4.69, 9.17) is 9.47 Å². The van der Waals surface area contributed by atoms with Crippen molar-refractivity contribution in [2.45, 2.75) is 13.8 Å². The van der Waals surface area contributed by atoms with Crippen LogP contribution in [-0.2, 0) is 9.59 Å². The molecule has 0 aliphatic heterocycles. The molecule has 2 N–H and O–H groups in total. The van der Waals surface area contributed by atoms with Gasteiger partial charge in [-0.2, -0.15) is 0 Å². The summed E-state index contributed by atoms with van der Waals surface area (Å²) in [4.78, 5) is 26.1. The first kappa shape index (κ1) is 22.6. The summed E-state index contributed by atoms with van der Waals surface area (Å²) in [6, 6.07) is 19.9. The highest BCUT2D eigenvalue weighted by Gasteiger charge is 2.19. The Bertz CT molecular complexity index is 1070. The molecular weight excluding hydrogens is 404 g/mol. The van der Waals surface area contributed by atoms with Crippen LogP contribution in [0.25, 0.3) is 6.08 Å². The van der Waals surface area contributed by atoms with E-state index >= 15 is 0 Å². The van der Waals surface area contributed by atoms with Crippen molar-refractivity contribution in [2.75, 3.05) is 24.9 Å². The summed E-state index contributed by atoms with van der Waals surface area (Å²) in [7, 11) is 3.07. The van der Waals surface area contributed by atoms with E-state index in [0.29, 0.717) is 28.4 Å². The summed E-state index contributed by atoms with van der Waals surface area (Å²) in [5, 5.41) is 5.58. The molecule has 0 heterocycles. The van der Waals surface area contributed by atoms with Crippen molar-refractivity contribution < 1.29 is 19.1 Å². The molecule has 0 aliphatic carbocycles. The van der Waals surface area contributed by atoms with Gasteiger partial charge in [-0.05, 0) is 61.9 Å². The third-order valence-electron chi connectivity index (χ3n) is 4.83. The maximum atomic E-state index is 13.1. The molecule has 0 saturated heterocycles. The number of rotatable bonds is 7. The average molecular weight is 431 g/mol. The maximum Gasteiger partial charge on any atom is 0.261 e. The van der Waals surface area contributed by atoms with E-state index in [0.717, 1.165) is 11.1 Å². The topological polar surface area (TPSA) is 76.7 Å². The fraction of sp³-hybridized carbons (Fsp3) is 0.154. The number of amides is 2. The van der Waals surface area contributed by atoms with E-state index in [9.17, 15) is 9.59 Å². The lowest BCUT2D eigenvalue weighted by atomic mass is 10.1. The number of benzene rings is 3. The van der Waals surface area contributed by atoms with Gasteiger partial charge in [0.1, 0.15) is 5.57 Å². The van der Waals surface area contributed by atoms with Crippen LogP contribution in [0.3, 0.4) is 0 Å². The molecule has 0 unspecified atom stereocenters. The first-order valence-electron chi connectivity index (χ1n) is 10.1. The average Bonchev–Trinajstić information content (AvgIpc) is 2.80. The zero-order chi connectivity index (χ0) is 23.1. The van der Waals surface area contributed by atoms with Crippen molar-refractivity contribution in [3.05, 3.63) is 89.0 Å². The Morgan fingerprint density at radius 2 is 1.16 bits per heavy atom.